The molecule has 1 fully saturated rings. The predicted molar refractivity (Wildman–Crippen MR) is 115 cm³/mol. The fourth-order valence-electron chi connectivity index (χ4n) is 4.12. The molecule has 0 aliphatic carbocycles. The van der Waals surface area contributed by atoms with Crippen molar-refractivity contribution in [2.45, 2.75) is 53.6 Å². The zero-order valence-corrected chi connectivity index (χ0v) is 18.3. The average molecular weight is 411 g/mol. The summed E-state index contributed by atoms with van der Waals surface area (Å²) < 4.78 is 9.09. The van der Waals surface area contributed by atoms with E-state index in [2.05, 4.69) is 53.0 Å². The Hall–Kier alpha value is -2.90. The van der Waals surface area contributed by atoms with E-state index in [1.165, 1.54) is 0 Å². The summed E-state index contributed by atoms with van der Waals surface area (Å²) in [6.45, 7) is 12.1. The van der Waals surface area contributed by atoms with E-state index in [0.717, 1.165) is 29.7 Å². The number of nitrogens with zero attached hydrogens (tertiary/aromatic N) is 5. The molecule has 4 rings (SSSR count). The molecule has 1 unspecified atom stereocenters. The van der Waals surface area contributed by atoms with E-state index in [9.17, 15) is 4.79 Å². The second-order valence-electron chi connectivity index (χ2n) is 9.19. The first-order valence-electron chi connectivity index (χ1n) is 10.6. The fraction of sp³-hybridized carbons (Fsp3) is 0.545. The third-order valence-corrected chi connectivity index (χ3v) is 6.07. The molecule has 1 aliphatic rings. The SMILES string of the molecule is CC[C@H](Cn1ccc2cnc(Nc3cnn(C4C(=O)OCC4(C)C)c3)nc21)C(C)C. The molecule has 3 aromatic rings. The van der Waals surface area contributed by atoms with Crippen LogP contribution in [-0.2, 0) is 16.1 Å². The Morgan fingerprint density at radius 2 is 2.13 bits per heavy atom. The first-order chi connectivity index (χ1) is 14.3. The minimum absolute atomic E-state index is 0.249. The highest BCUT2D eigenvalue weighted by molar-refractivity contribution is 5.78. The van der Waals surface area contributed by atoms with E-state index in [1.807, 2.05) is 20.0 Å². The van der Waals surface area contributed by atoms with Crippen LogP contribution in [0, 0.1) is 17.3 Å². The number of anilines is 2. The molecule has 0 bridgehead atoms. The minimum Gasteiger partial charge on any atom is -0.463 e. The topological polar surface area (TPSA) is 86.9 Å². The van der Waals surface area contributed by atoms with Gasteiger partial charge in [0.05, 0.1) is 18.5 Å². The van der Waals surface area contributed by atoms with Crippen LogP contribution in [-0.4, -0.2) is 36.9 Å². The Morgan fingerprint density at radius 1 is 1.33 bits per heavy atom. The average Bonchev–Trinajstić information content (AvgIpc) is 3.37. The van der Waals surface area contributed by atoms with Gasteiger partial charge in [-0.2, -0.15) is 10.1 Å². The maximum absolute atomic E-state index is 12.1. The van der Waals surface area contributed by atoms with Crippen molar-refractivity contribution in [3.63, 3.8) is 0 Å². The van der Waals surface area contributed by atoms with Crippen LogP contribution in [0.2, 0.25) is 0 Å². The molecule has 8 heteroatoms. The Balaban J connectivity index is 1.56. The van der Waals surface area contributed by atoms with E-state index in [0.29, 0.717) is 24.4 Å². The standard InChI is InChI=1S/C22H30N6O2/c1-6-15(14(2)3)11-27-8-7-16-9-23-21(26-19(16)27)25-17-10-24-28(12-17)18-20(29)30-13-22(18,4)5/h7-10,12,14-15,18H,6,11,13H2,1-5H3,(H,23,25,26)/t15-,18?/m1/s1. The van der Waals surface area contributed by atoms with Gasteiger partial charge in [-0.3, -0.25) is 4.68 Å². The summed E-state index contributed by atoms with van der Waals surface area (Å²) in [4.78, 5) is 21.3. The number of fused-ring (bicyclic) bond motifs is 1. The zero-order valence-electron chi connectivity index (χ0n) is 18.3. The fourth-order valence-corrected chi connectivity index (χ4v) is 4.12. The zero-order chi connectivity index (χ0) is 21.5. The molecule has 160 valence electrons. The predicted octanol–water partition coefficient (Wildman–Crippen LogP) is 4.18. The lowest BCUT2D eigenvalue weighted by molar-refractivity contribution is -0.140. The normalized spacial score (nSPS) is 19.4. The van der Waals surface area contributed by atoms with Gasteiger partial charge in [0, 0.05) is 35.9 Å². The summed E-state index contributed by atoms with van der Waals surface area (Å²) in [6, 6.07) is 1.62. The lowest BCUT2D eigenvalue weighted by Gasteiger charge is -2.21. The van der Waals surface area contributed by atoms with E-state index >= 15 is 0 Å². The van der Waals surface area contributed by atoms with Crippen molar-refractivity contribution in [3.05, 3.63) is 30.9 Å². The molecule has 1 N–H and O–H groups in total. The molecule has 0 aromatic carbocycles. The highest BCUT2D eigenvalue weighted by atomic mass is 16.5. The van der Waals surface area contributed by atoms with E-state index in [4.69, 9.17) is 9.72 Å². The number of ether oxygens (including phenoxy) is 1. The van der Waals surface area contributed by atoms with E-state index < -0.39 is 6.04 Å². The van der Waals surface area contributed by atoms with Crippen molar-refractivity contribution >= 4 is 28.6 Å². The Labute approximate surface area is 176 Å². The largest absolute Gasteiger partial charge is 0.463 e. The highest BCUT2D eigenvalue weighted by Gasteiger charge is 2.45. The number of rotatable bonds is 7. The van der Waals surface area contributed by atoms with Crippen molar-refractivity contribution in [2.75, 3.05) is 11.9 Å². The third-order valence-electron chi connectivity index (χ3n) is 6.07. The van der Waals surface area contributed by atoms with E-state index in [-0.39, 0.29) is 11.4 Å². The van der Waals surface area contributed by atoms with Gasteiger partial charge in [0.1, 0.15) is 5.65 Å². The molecule has 4 heterocycles. The van der Waals surface area contributed by atoms with Gasteiger partial charge in [0.2, 0.25) is 5.95 Å². The molecule has 1 saturated heterocycles. The second kappa shape index (κ2) is 7.74. The van der Waals surface area contributed by atoms with Gasteiger partial charge >= 0.3 is 5.97 Å². The third kappa shape index (κ3) is 3.78. The summed E-state index contributed by atoms with van der Waals surface area (Å²) in [6.07, 6.45) is 8.53. The van der Waals surface area contributed by atoms with Gasteiger partial charge < -0.3 is 14.6 Å². The molecule has 1 aliphatic heterocycles. The summed E-state index contributed by atoms with van der Waals surface area (Å²) in [5.41, 5.74) is 1.35. The van der Waals surface area contributed by atoms with Gasteiger partial charge in [0.15, 0.2) is 6.04 Å². The Kier molecular flexibility index (Phi) is 5.26. The number of hydrogen-bond donors (Lipinski definition) is 1. The van der Waals surface area contributed by atoms with Crippen LogP contribution in [0.5, 0.6) is 0 Å². The lowest BCUT2D eigenvalue weighted by Crippen LogP contribution is -2.27. The first-order valence-corrected chi connectivity index (χ1v) is 10.6. The molecular formula is C22H30N6O2. The van der Waals surface area contributed by atoms with E-state index in [1.54, 1.807) is 17.1 Å². The smallest absolute Gasteiger partial charge is 0.331 e. The summed E-state index contributed by atoms with van der Waals surface area (Å²) in [5, 5.41) is 8.61. The lowest BCUT2D eigenvalue weighted by atomic mass is 9.88. The van der Waals surface area contributed by atoms with Gasteiger partial charge in [-0.1, -0.05) is 41.0 Å². The Morgan fingerprint density at radius 3 is 2.80 bits per heavy atom. The van der Waals surface area contributed by atoms with Crippen molar-refractivity contribution in [3.8, 4) is 0 Å². The molecule has 0 amide bonds. The summed E-state index contributed by atoms with van der Waals surface area (Å²) >= 11 is 0. The van der Waals surface area contributed by atoms with Crippen LogP contribution < -0.4 is 5.32 Å². The number of cyclic esters (lactones) is 1. The van der Waals surface area contributed by atoms with Crippen LogP contribution in [0.3, 0.4) is 0 Å². The number of aromatic nitrogens is 5. The van der Waals surface area contributed by atoms with Crippen molar-refractivity contribution < 1.29 is 9.53 Å². The second-order valence-corrected chi connectivity index (χ2v) is 9.19. The molecule has 8 nitrogen and oxygen atoms in total. The molecule has 0 saturated carbocycles. The van der Waals surface area contributed by atoms with Gasteiger partial charge in [-0.15, -0.1) is 0 Å². The first kappa shape index (κ1) is 20.4. The highest BCUT2D eigenvalue weighted by Crippen LogP contribution is 2.38. The van der Waals surface area contributed by atoms with Gasteiger partial charge in [-0.25, -0.2) is 9.78 Å². The molecule has 3 aromatic heterocycles. The van der Waals surface area contributed by atoms with Gasteiger partial charge in [-0.05, 0) is 17.9 Å². The number of esters is 1. The molecular weight excluding hydrogens is 380 g/mol. The number of hydrogen-bond acceptors (Lipinski definition) is 6. The quantitative estimate of drug-likeness (QED) is 0.588. The molecule has 30 heavy (non-hydrogen) atoms. The maximum Gasteiger partial charge on any atom is 0.331 e. The minimum atomic E-state index is -0.435. The van der Waals surface area contributed by atoms with Crippen molar-refractivity contribution in [2.24, 2.45) is 17.3 Å². The van der Waals surface area contributed by atoms with Crippen molar-refractivity contribution in [1.82, 2.24) is 24.3 Å². The monoisotopic (exact) mass is 410 g/mol. The molecule has 0 spiro atoms. The number of carbonyl (C=O) groups excluding carboxylic acids is 1. The van der Waals surface area contributed by atoms with Gasteiger partial charge in [0.25, 0.3) is 0 Å². The maximum atomic E-state index is 12.1. The van der Waals surface area contributed by atoms with Crippen LogP contribution in [0.1, 0.15) is 47.1 Å². The summed E-state index contributed by atoms with van der Waals surface area (Å²) in [7, 11) is 0. The van der Waals surface area contributed by atoms with Crippen LogP contribution in [0.15, 0.2) is 30.9 Å². The molecule has 0 radical (unpaired) electrons. The Bertz CT molecular complexity index is 1050. The number of nitrogens with one attached hydrogen (secondary N) is 1. The number of carbonyl (C=O) groups is 1. The summed E-state index contributed by atoms with van der Waals surface area (Å²) in [5.74, 6) is 1.47. The van der Waals surface area contributed by atoms with Crippen LogP contribution in [0.25, 0.3) is 11.0 Å². The van der Waals surface area contributed by atoms with Crippen molar-refractivity contribution in [1.29, 1.82) is 0 Å². The van der Waals surface area contributed by atoms with Crippen LogP contribution in [0.4, 0.5) is 11.6 Å². The van der Waals surface area contributed by atoms with Crippen LogP contribution >= 0.6 is 0 Å². The molecule has 2 atom stereocenters.